The predicted molar refractivity (Wildman–Crippen MR) is 106 cm³/mol. The molecule has 1 amide bonds. The first-order chi connectivity index (χ1) is 13.0. The van der Waals surface area contributed by atoms with E-state index in [1.54, 1.807) is 16.8 Å². The van der Waals surface area contributed by atoms with Gasteiger partial charge in [0.05, 0.1) is 10.9 Å². The third-order valence-electron chi connectivity index (χ3n) is 5.97. The molecule has 2 fully saturated rings. The van der Waals surface area contributed by atoms with E-state index in [4.69, 9.17) is 11.6 Å². The maximum absolute atomic E-state index is 12.7. The summed E-state index contributed by atoms with van der Waals surface area (Å²) in [6.45, 7) is 4.05. The SMILES string of the molecule is C[C@H](NC(=O)[C@@H](C)Sc1nnnn1-c1ccc(Cl)cc1)[C@@H]1C[C@@H]2CC[C@@H]1C2. The number of carbonyl (C=O) groups excluding carboxylic acids is 1. The lowest BCUT2D eigenvalue weighted by Gasteiger charge is -2.29. The van der Waals surface area contributed by atoms with E-state index in [1.165, 1.54) is 37.4 Å². The molecule has 1 aromatic carbocycles. The molecule has 0 radical (unpaired) electrons. The molecular formula is C19H24ClN5OS. The predicted octanol–water partition coefficient (Wildman–Crippen LogP) is 3.74. The number of tetrazole rings is 1. The number of rotatable bonds is 6. The number of nitrogens with one attached hydrogen (secondary N) is 1. The van der Waals surface area contributed by atoms with Crippen molar-refractivity contribution in [3.8, 4) is 5.69 Å². The number of hydrogen-bond donors (Lipinski definition) is 1. The molecule has 2 bridgehead atoms. The Balaban J connectivity index is 1.38. The van der Waals surface area contributed by atoms with Gasteiger partial charge >= 0.3 is 0 Å². The van der Waals surface area contributed by atoms with E-state index < -0.39 is 0 Å². The zero-order chi connectivity index (χ0) is 19.0. The molecule has 2 aliphatic carbocycles. The van der Waals surface area contributed by atoms with Gasteiger partial charge in [-0.25, -0.2) is 0 Å². The van der Waals surface area contributed by atoms with Gasteiger partial charge in [0.2, 0.25) is 11.1 Å². The molecule has 4 rings (SSSR count). The number of hydrogen-bond acceptors (Lipinski definition) is 5. The van der Waals surface area contributed by atoms with Crippen LogP contribution in [0, 0.1) is 17.8 Å². The van der Waals surface area contributed by atoms with Gasteiger partial charge in [-0.15, -0.1) is 5.10 Å². The lowest BCUT2D eigenvalue weighted by atomic mass is 9.84. The molecule has 0 saturated heterocycles. The van der Waals surface area contributed by atoms with Crippen LogP contribution >= 0.6 is 23.4 Å². The van der Waals surface area contributed by atoms with Crippen LogP contribution in [0.1, 0.15) is 39.5 Å². The van der Waals surface area contributed by atoms with Gasteiger partial charge in [-0.05, 0) is 85.6 Å². The molecule has 8 heteroatoms. The minimum absolute atomic E-state index is 0.0425. The first-order valence-corrected chi connectivity index (χ1v) is 10.8. The van der Waals surface area contributed by atoms with E-state index in [-0.39, 0.29) is 17.2 Å². The highest BCUT2D eigenvalue weighted by atomic mass is 35.5. The average molecular weight is 406 g/mol. The first kappa shape index (κ1) is 18.7. The molecule has 2 aromatic rings. The summed E-state index contributed by atoms with van der Waals surface area (Å²) in [6, 6.07) is 7.51. The number of fused-ring (bicyclic) bond motifs is 2. The summed E-state index contributed by atoms with van der Waals surface area (Å²) >= 11 is 7.31. The van der Waals surface area contributed by atoms with Crippen molar-refractivity contribution >= 4 is 29.3 Å². The summed E-state index contributed by atoms with van der Waals surface area (Å²) < 4.78 is 1.63. The van der Waals surface area contributed by atoms with Gasteiger partial charge in [-0.3, -0.25) is 4.79 Å². The smallest absolute Gasteiger partial charge is 0.233 e. The van der Waals surface area contributed by atoms with Crippen LogP contribution in [0.3, 0.4) is 0 Å². The fraction of sp³-hybridized carbons (Fsp3) is 0.579. The Morgan fingerprint density at radius 3 is 2.70 bits per heavy atom. The normalized spacial score (nSPS) is 26.1. The van der Waals surface area contributed by atoms with Gasteiger partial charge in [0, 0.05) is 11.1 Å². The molecule has 2 aliphatic rings. The van der Waals surface area contributed by atoms with Crippen LogP contribution in [0.4, 0.5) is 0 Å². The molecule has 0 unspecified atom stereocenters. The Bertz CT molecular complexity index is 811. The van der Waals surface area contributed by atoms with Crippen molar-refractivity contribution in [1.82, 2.24) is 25.5 Å². The summed E-state index contributed by atoms with van der Waals surface area (Å²) in [4.78, 5) is 12.7. The maximum Gasteiger partial charge on any atom is 0.233 e. The van der Waals surface area contributed by atoms with E-state index in [0.29, 0.717) is 16.1 Å². The zero-order valence-electron chi connectivity index (χ0n) is 15.5. The van der Waals surface area contributed by atoms with Crippen LogP contribution in [0.5, 0.6) is 0 Å². The van der Waals surface area contributed by atoms with E-state index >= 15 is 0 Å². The minimum Gasteiger partial charge on any atom is -0.352 e. The summed E-state index contributed by atoms with van der Waals surface area (Å²) in [5.74, 6) is 2.35. The second kappa shape index (κ2) is 7.80. The molecule has 144 valence electrons. The summed E-state index contributed by atoms with van der Waals surface area (Å²) in [5, 5.41) is 16.1. The average Bonchev–Trinajstić information content (AvgIpc) is 3.39. The Morgan fingerprint density at radius 2 is 2.04 bits per heavy atom. The number of benzene rings is 1. The molecular weight excluding hydrogens is 382 g/mol. The van der Waals surface area contributed by atoms with Gasteiger partial charge in [0.15, 0.2) is 0 Å². The number of amides is 1. The summed E-state index contributed by atoms with van der Waals surface area (Å²) in [6.07, 6.45) is 5.32. The second-order valence-electron chi connectivity index (χ2n) is 7.75. The molecule has 5 atom stereocenters. The van der Waals surface area contributed by atoms with E-state index in [9.17, 15) is 4.79 Å². The monoisotopic (exact) mass is 405 g/mol. The van der Waals surface area contributed by atoms with Gasteiger partial charge in [-0.1, -0.05) is 29.8 Å². The number of carbonyl (C=O) groups is 1. The molecule has 2 saturated carbocycles. The number of thioether (sulfide) groups is 1. The lowest BCUT2D eigenvalue weighted by Crippen LogP contribution is -2.43. The fourth-order valence-corrected chi connectivity index (χ4v) is 5.51. The maximum atomic E-state index is 12.7. The van der Waals surface area contributed by atoms with Crippen molar-refractivity contribution in [2.24, 2.45) is 17.8 Å². The summed E-state index contributed by atoms with van der Waals surface area (Å²) in [5.41, 5.74) is 0.815. The largest absolute Gasteiger partial charge is 0.352 e. The van der Waals surface area contributed by atoms with E-state index in [2.05, 4.69) is 27.8 Å². The molecule has 1 N–H and O–H groups in total. The zero-order valence-corrected chi connectivity index (χ0v) is 17.1. The van der Waals surface area contributed by atoms with Gasteiger partial charge in [0.25, 0.3) is 0 Å². The lowest BCUT2D eigenvalue weighted by molar-refractivity contribution is -0.121. The molecule has 27 heavy (non-hydrogen) atoms. The van der Waals surface area contributed by atoms with Crippen molar-refractivity contribution in [3.05, 3.63) is 29.3 Å². The standard InChI is InChI=1S/C19H24ClN5OS/c1-11(17-10-13-3-4-14(17)9-13)21-18(26)12(2)27-19-22-23-24-25(19)16-7-5-15(20)6-8-16/h5-8,11-14,17H,3-4,9-10H2,1-2H3,(H,21,26)/t11-,12+,13+,14+,17-/m0/s1. The van der Waals surface area contributed by atoms with Crippen molar-refractivity contribution in [3.63, 3.8) is 0 Å². The van der Waals surface area contributed by atoms with Crippen molar-refractivity contribution in [2.45, 2.75) is 56.0 Å². The first-order valence-electron chi connectivity index (χ1n) is 9.52. The highest BCUT2D eigenvalue weighted by Gasteiger charge is 2.42. The topological polar surface area (TPSA) is 72.7 Å². The van der Waals surface area contributed by atoms with Crippen LogP contribution in [0.15, 0.2) is 29.4 Å². The summed E-state index contributed by atoms with van der Waals surface area (Å²) in [7, 11) is 0. The highest BCUT2D eigenvalue weighted by Crippen LogP contribution is 2.49. The van der Waals surface area contributed by atoms with E-state index in [0.717, 1.165) is 17.5 Å². The van der Waals surface area contributed by atoms with Gasteiger partial charge in [0.1, 0.15) is 0 Å². The molecule has 0 spiro atoms. The molecule has 0 aliphatic heterocycles. The Hall–Kier alpha value is -1.60. The van der Waals surface area contributed by atoms with Crippen LogP contribution in [0.25, 0.3) is 5.69 Å². The second-order valence-corrected chi connectivity index (χ2v) is 9.49. The molecule has 1 aromatic heterocycles. The van der Waals surface area contributed by atoms with Crippen molar-refractivity contribution in [1.29, 1.82) is 0 Å². The van der Waals surface area contributed by atoms with Crippen molar-refractivity contribution in [2.75, 3.05) is 0 Å². The van der Waals surface area contributed by atoms with Crippen LogP contribution < -0.4 is 5.32 Å². The molecule has 6 nitrogen and oxygen atoms in total. The third kappa shape index (κ3) is 3.99. The fourth-order valence-electron chi connectivity index (χ4n) is 4.56. The number of halogens is 1. The Morgan fingerprint density at radius 1 is 1.26 bits per heavy atom. The minimum atomic E-state index is -0.275. The van der Waals surface area contributed by atoms with Crippen LogP contribution in [-0.2, 0) is 4.79 Å². The third-order valence-corrected chi connectivity index (χ3v) is 7.25. The highest BCUT2D eigenvalue weighted by molar-refractivity contribution is 8.00. The van der Waals surface area contributed by atoms with E-state index in [1.807, 2.05) is 19.1 Å². The van der Waals surface area contributed by atoms with Gasteiger partial charge < -0.3 is 5.32 Å². The Kier molecular flexibility index (Phi) is 5.41. The van der Waals surface area contributed by atoms with Crippen LogP contribution in [0.2, 0.25) is 5.02 Å². The Labute approximate surface area is 168 Å². The van der Waals surface area contributed by atoms with Crippen molar-refractivity contribution < 1.29 is 4.79 Å². The number of nitrogens with zero attached hydrogens (tertiary/aromatic N) is 4. The molecule has 1 heterocycles. The van der Waals surface area contributed by atoms with Gasteiger partial charge in [-0.2, -0.15) is 4.68 Å². The van der Waals surface area contributed by atoms with Crippen LogP contribution in [-0.4, -0.2) is 37.4 Å². The quantitative estimate of drug-likeness (QED) is 0.741. The number of aromatic nitrogens is 4.